The number of phosphoric acid groups is 1. The lowest BCUT2D eigenvalue weighted by molar-refractivity contribution is -0.161. The zero-order chi connectivity index (χ0) is 44.0. The van der Waals surface area contributed by atoms with E-state index >= 15 is 0 Å². The van der Waals surface area contributed by atoms with Crippen LogP contribution >= 0.6 is 7.82 Å². The van der Waals surface area contributed by atoms with Crippen molar-refractivity contribution in [3.63, 3.8) is 0 Å². The number of hydrogen-bond donors (Lipinski definition) is 3. The van der Waals surface area contributed by atoms with E-state index in [9.17, 15) is 24.2 Å². The maximum absolute atomic E-state index is 12.7. The Balaban J connectivity index is 4.16. The van der Waals surface area contributed by atoms with Crippen LogP contribution in [0.3, 0.4) is 0 Å². The summed E-state index contributed by atoms with van der Waals surface area (Å²) >= 11 is 0. The zero-order valence-electron chi connectivity index (χ0n) is 38.9. The maximum Gasteiger partial charge on any atom is 0.472 e. The number of allylic oxidation sites excluding steroid dienone is 2. The van der Waals surface area contributed by atoms with Gasteiger partial charge in [-0.05, 0) is 38.5 Å². The normalized spacial score (nSPS) is 13.8. The van der Waals surface area contributed by atoms with Gasteiger partial charge in [0.1, 0.15) is 12.7 Å². The molecule has 10 nitrogen and oxygen atoms in total. The molecule has 0 aliphatic carbocycles. The average Bonchev–Trinajstić information content (AvgIpc) is 3.24. The van der Waals surface area contributed by atoms with Gasteiger partial charge in [-0.3, -0.25) is 18.6 Å². The lowest BCUT2D eigenvalue weighted by atomic mass is 10.0. The molecule has 0 rings (SSSR count). The van der Waals surface area contributed by atoms with Crippen molar-refractivity contribution in [3.8, 4) is 0 Å². The smallest absolute Gasteiger partial charge is 0.462 e. The summed E-state index contributed by atoms with van der Waals surface area (Å²) in [6.07, 6.45) is 46.0. The molecule has 0 aliphatic rings. The molecular weight excluding hydrogens is 780 g/mol. The van der Waals surface area contributed by atoms with Crippen LogP contribution in [0.1, 0.15) is 251 Å². The fourth-order valence-corrected chi connectivity index (χ4v) is 8.07. The third-order valence-corrected chi connectivity index (χ3v) is 12.1. The molecule has 60 heavy (non-hydrogen) atoms. The summed E-state index contributed by atoms with van der Waals surface area (Å²) in [5.41, 5.74) is 0. The van der Waals surface area contributed by atoms with E-state index in [0.717, 1.165) is 38.5 Å². The predicted molar refractivity (Wildman–Crippen MR) is 247 cm³/mol. The molecule has 0 amide bonds. The summed E-state index contributed by atoms with van der Waals surface area (Å²) in [5, 5.41) is 18.4. The lowest BCUT2D eigenvalue weighted by Gasteiger charge is -2.20. The van der Waals surface area contributed by atoms with Gasteiger partial charge in [-0.2, -0.15) is 0 Å². The number of ether oxygens (including phenoxy) is 2. The molecule has 0 aromatic heterocycles. The molecule has 3 N–H and O–H groups in total. The topological polar surface area (TPSA) is 149 Å². The number of carbonyl (C=O) groups is 2. The molecule has 3 atom stereocenters. The zero-order valence-corrected chi connectivity index (χ0v) is 39.8. The second-order valence-electron chi connectivity index (χ2n) is 17.2. The minimum absolute atomic E-state index is 0.190. The number of aliphatic hydroxyl groups is 2. The van der Waals surface area contributed by atoms with Crippen LogP contribution in [0.15, 0.2) is 12.2 Å². The maximum atomic E-state index is 12.7. The van der Waals surface area contributed by atoms with Crippen molar-refractivity contribution in [1.29, 1.82) is 0 Å². The highest BCUT2D eigenvalue weighted by molar-refractivity contribution is 7.47. The van der Waals surface area contributed by atoms with Crippen molar-refractivity contribution in [2.75, 3.05) is 26.4 Å². The van der Waals surface area contributed by atoms with Gasteiger partial charge >= 0.3 is 19.8 Å². The largest absolute Gasteiger partial charge is 0.472 e. The van der Waals surface area contributed by atoms with Gasteiger partial charge in [-0.1, -0.05) is 212 Å². The number of carbonyl (C=O) groups excluding carboxylic acids is 2. The molecule has 11 heteroatoms. The molecule has 0 fully saturated rings. The second kappa shape index (κ2) is 45.7. The Morgan fingerprint density at radius 2 is 0.817 bits per heavy atom. The first-order chi connectivity index (χ1) is 29.2. The van der Waals surface area contributed by atoms with Gasteiger partial charge in [0.05, 0.1) is 19.8 Å². The fourth-order valence-electron chi connectivity index (χ4n) is 7.28. The third kappa shape index (κ3) is 44.8. The summed E-state index contributed by atoms with van der Waals surface area (Å²) in [6.45, 7) is 2.43. The first-order valence-corrected chi connectivity index (χ1v) is 26.6. The van der Waals surface area contributed by atoms with E-state index in [1.54, 1.807) is 0 Å². The predicted octanol–water partition coefficient (Wildman–Crippen LogP) is 14.0. The van der Waals surface area contributed by atoms with E-state index < -0.39 is 51.8 Å². The van der Waals surface area contributed by atoms with E-state index in [-0.39, 0.29) is 19.4 Å². The summed E-state index contributed by atoms with van der Waals surface area (Å²) in [5.74, 6) is -0.911. The van der Waals surface area contributed by atoms with Crippen LogP contribution in [0.5, 0.6) is 0 Å². The SMILES string of the molecule is CCCCCCCC/C=C/CCCCCCCCCCCC(=O)OC[C@H](COP(=O)(O)OC[C@@H](O)CO)OC(=O)CCCCCCCCCCCCCCCCCCCC. The van der Waals surface area contributed by atoms with Gasteiger partial charge in [0.15, 0.2) is 6.10 Å². The van der Waals surface area contributed by atoms with Crippen LogP contribution in [-0.2, 0) is 32.7 Å². The van der Waals surface area contributed by atoms with Crippen molar-refractivity contribution in [2.24, 2.45) is 0 Å². The molecule has 0 bridgehead atoms. The Hall–Kier alpha value is -1.29. The van der Waals surface area contributed by atoms with Gasteiger partial charge < -0.3 is 24.6 Å². The summed E-state index contributed by atoms with van der Waals surface area (Å²) in [4.78, 5) is 35.1. The number of unbranched alkanes of at least 4 members (excludes halogenated alkanes) is 32. The minimum Gasteiger partial charge on any atom is -0.462 e. The van der Waals surface area contributed by atoms with Gasteiger partial charge in [0.25, 0.3) is 0 Å². The van der Waals surface area contributed by atoms with E-state index in [2.05, 4.69) is 26.0 Å². The van der Waals surface area contributed by atoms with Crippen LogP contribution in [0.2, 0.25) is 0 Å². The molecule has 0 saturated carbocycles. The van der Waals surface area contributed by atoms with Crippen molar-refractivity contribution >= 4 is 19.8 Å². The first kappa shape index (κ1) is 58.7. The van der Waals surface area contributed by atoms with Crippen molar-refractivity contribution in [1.82, 2.24) is 0 Å². The van der Waals surface area contributed by atoms with Crippen LogP contribution in [-0.4, -0.2) is 65.7 Å². The number of esters is 2. The summed E-state index contributed by atoms with van der Waals surface area (Å²) in [7, 11) is -4.62. The molecule has 0 aromatic carbocycles. The Morgan fingerprint density at radius 3 is 1.20 bits per heavy atom. The van der Waals surface area contributed by atoms with E-state index in [4.69, 9.17) is 23.6 Å². The molecule has 0 saturated heterocycles. The fraction of sp³-hybridized carbons (Fsp3) is 0.918. The highest BCUT2D eigenvalue weighted by atomic mass is 31.2. The third-order valence-electron chi connectivity index (χ3n) is 11.2. The van der Waals surface area contributed by atoms with Crippen LogP contribution in [0.4, 0.5) is 0 Å². The first-order valence-electron chi connectivity index (χ1n) is 25.1. The molecule has 0 heterocycles. The number of hydrogen-bond acceptors (Lipinski definition) is 9. The van der Waals surface area contributed by atoms with Crippen molar-refractivity contribution < 1.29 is 47.8 Å². The Bertz CT molecular complexity index is 1010. The Kier molecular flexibility index (Phi) is 44.7. The molecule has 0 radical (unpaired) electrons. The number of aliphatic hydroxyl groups excluding tert-OH is 2. The minimum atomic E-state index is -4.62. The van der Waals surface area contributed by atoms with Crippen molar-refractivity contribution in [2.45, 2.75) is 264 Å². The highest BCUT2D eigenvalue weighted by Crippen LogP contribution is 2.43. The molecule has 0 spiro atoms. The van der Waals surface area contributed by atoms with Crippen LogP contribution in [0.25, 0.3) is 0 Å². The molecule has 0 aromatic rings. The molecular formula is C49H95O10P. The molecule has 356 valence electrons. The van der Waals surface area contributed by atoms with Crippen LogP contribution < -0.4 is 0 Å². The summed E-state index contributed by atoms with van der Waals surface area (Å²) in [6, 6.07) is 0. The van der Waals surface area contributed by atoms with Gasteiger partial charge in [0, 0.05) is 12.8 Å². The van der Waals surface area contributed by atoms with E-state index in [1.165, 1.54) is 173 Å². The summed E-state index contributed by atoms with van der Waals surface area (Å²) < 4.78 is 32.9. The Morgan fingerprint density at radius 1 is 0.483 bits per heavy atom. The van der Waals surface area contributed by atoms with E-state index in [1.807, 2.05) is 0 Å². The Labute approximate surface area is 368 Å². The molecule has 0 aliphatic heterocycles. The highest BCUT2D eigenvalue weighted by Gasteiger charge is 2.27. The number of rotatable bonds is 48. The van der Waals surface area contributed by atoms with Gasteiger partial charge in [-0.25, -0.2) is 4.57 Å². The standard InChI is InChI=1S/C49H95O10P/c1-3-5-7-9-11-13-15-17-19-21-23-25-26-28-30-32-34-36-38-40-48(52)56-44-47(45-58-60(54,55)57-43-46(51)42-50)59-49(53)41-39-37-35-33-31-29-27-24-22-20-18-16-14-12-10-8-6-4-2/h17,19,46-47,50-51H,3-16,18,20-45H2,1-2H3,(H,54,55)/b19-17+/t46-,47+/m0/s1. The van der Waals surface area contributed by atoms with E-state index in [0.29, 0.717) is 12.8 Å². The van der Waals surface area contributed by atoms with Crippen molar-refractivity contribution in [3.05, 3.63) is 12.2 Å². The second-order valence-corrected chi connectivity index (χ2v) is 18.7. The quantitative estimate of drug-likeness (QED) is 0.0233. The monoisotopic (exact) mass is 875 g/mol. The average molecular weight is 875 g/mol. The van der Waals surface area contributed by atoms with Gasteiger partial charge in [0.2, 0.25) is 0 Å². The number of phosphoric ester groups is 1. The van der Waals surface area contributed by atoms with Crippen LogP contribution in [0, 0.1) is 0 Å². The van der Waals surface area contributed by atoms with Gasteiger partial charge in [-0.15, -0.1) is 0 Å². The molecule has 1 unspecified atom stereocenters. The lowest BCUT2D eigenvalue weighted by Crippen LogP contribution is -2.29.